The number of hydrogen-bond donors (Lipinski definition) is 0. The smallest absolute Gasteiger partial charge is 0.345 e. The normalized spacial score (nSPS) is 11.3. The largest absolute Gasteiger partial charge is 0.462 e. The monoisotopic (exact) mass is 1750 g/mol. The zero-order valence-electron chi connectivity index (χ0n) is 79.8. The molecule has 0 saturated carbocycles. The molecule has 0 atom stereocenters. The van der Waals surface area contributed by atoms with Crippen molar-refractivity contribution in [3.8, 4) is 11.5 Å². The van der Waals surface area contributed by atoms with Crippen LogP contribution in [0.4, 0.5) is 11.4 Å². The van der Waals surface area contributed by atoms with E-state index >= 15 is 0 Å². The van der Waals surface area contributed by atoms with Gasteiger partial charge in [0.25, 0.3) is 0 Å². The van der Waals surface area contributed by atoms with Crippen molar-refractivity contribution in [1.29, 1.82) is 0 Å². The van der Waals surface area contributed by atoms with Crippen LogP contribution in [0.1, 0.15) is 441 Å². The average molecular weight is 1750 g/mol. The Kier molecular flexibility index (Phi) is 61.2. The molecule has 6 aromatic carbocycles. The number of hydrogen-bond acceptors (Lipinski definition) is 14. The summed E-state index contributed by atoms with van der Waals surface area (Å²) in [5.74, 6) is -3.16. The van der Waals surface area contributed by atoms with Crippen LogP contribution in [0.5, 0.6) is 11.5 Å². The molecule has 0 saturated heterocycles. The Labute approximate surface area is 773 Å². The number of benzene rings is 6. The Bertz CT molecular complexity index is 3650. The van der Waals surface area contributed by atoms with E-state index in [2.05, 4.69) is 52.0 Å². The van der Waals surface area contributed by atoms with Gasteiger partial charge in [0.05, 0.1) is 48.9 Å². The molecule has 6 rings (SSSR count). The van der Waals surface area contributed by atoms with E-state index in [1.807, 2.05) is 48.5 Å². The summed E-state index contributed by atoms with van der Waals surface area (Å²) in [6.45, 7) is 9.97. The molecule has 0 spiro atoms. The van der Waals surface area contributed by atoms with Gasteiger partial charge in [-0.2, -0.15) is 0 Å². The maximum absolute atomic E-state index is 13.6. The number of aryl methyl sites for hydroxylation is 2. The molecule has 0 aromatic heterocycles. The highest BCUT2D eigenvalue weighted by atomic mass is 16.6. The molecule has 0 aliphatic rings. The predicted molar refractivity (Wildman–Crippen MR) is 532 cm³/mol. The van der Waals surface area contributed by atoms with E-state index in [4.69, 9.17) is 38.4 Å². The number of carbonyl (C=O) groups is 6. The highest BCUT2D eigenvalue weighted by molar-refractivity contribution is 6.18. The minimum Gasteiger partial charge on any atom is -0.462 e. The lowest BCUT2D eigenvalue weighted by molar-refractivity contribution is -0.148. The standard InChI is InChI=1S/C114H164N2O12/c1-5-9-13-17-21-25-29-33-37-41-45-49-53-57-87-123-111(119)107(112(120)124-88-58-54-50-46-42-38-34-30-26-22-18-14-10-6-2)91-97-63-75-101(76-64-97)109(117)127-105-83-71-99(72-84-105)93-115-103-79-67-95(68-80-103)61-62-96-69-81-104(82-70-96)116-94-100-73-85-106(86-74-100)128-110(118)102-77-65-98(66-78-102)92-108(113(121)125-89-59-55-51-47-43-39-35-31-27-23-19-15-11-7-3)114(122)126-90-60-56-52-48-44-40-36-32-28-24-20-16-12-8-4/h63-86,91-94H,5-62,87-90H2,1-4H3. The fraction of sp³-hybridized carbons (Fsp3) is 0.579. The fourth-order valence-electron chi connectivity index (χ4n) is 16.0. The Morgan fingerprint density at radius 3 is 0.633 bits per heavy atom. The summed E-state index contributed by atoms with van der Waals surface area (Å²) in [5, 5.41) is 0. The van der Waals surface area contributed by atoms with Crippen LogP contribution in [0, 0.1) is 0 Å². The number of ether oxygens (including phenoxy) is 6. The summed E-state index contributed by atoms with van der Waals surface area (Å²) in [7, 11) is 0. The Hall–Kier alpha value is -9.04. The topological polar surface area (TPSA) is 183 Å². The Morgan fingerprint density at radius 2 is 0.422 bits per heavy atom. The second-order valence-corrected chi connectivity index (χ2v) is 35.6. The lowest BCUT2D eigenvalue weighted by atomic mass is 10.0. The predicted octanol–water partition coefficient (Wildman–Crippen LogP) is 32.3. The molecule has 14 heteroatoms. The number of unbranched alkanes of at least 4 members (excludes halogenated alkanes) is 52. The summed E-state index contributed by atoms with van der Waals surface area (Å²) in [6.07, 6.45) is 77.0. The van der Waals surface area contributed by atoms with Crippen LogP contribution >= 0.6 is 0 Å². The van der Waals surface area contributed by atoms with Gasteiger partial charge in [0, 0.05) is 12.4 Å². The second kappa shape index (κ2) is 72.7. The molecule has 6 aromatic rings. The summed E-state index contributed by atoms with van der Waals surface area (Å²) < 4.78 is 34.3. The van der Waals surface area contributed by atoms with Crippen molar-refractivity contribution < 1.29 is 57.2 Å². The zero-order valence-corrected chi connectivity index (χ0v) is 79.8. The van der Waals surface area contributed by atoms with Crippen LogP contribution in [-0.4, -0.2) is 74.7 Å². The van der Waals surface area contributed by atoms with Crippen molar-refractivity contribution in [2.75, 3.05) is 26.4 Å². The van der Waals surface area contributed by atoms with Gasteiger partial charge in [-0.25, -0.2) is 28.8 Å². The van der Waals surface area contributed by atoms with Crippen molar-refractivity contribution in [3.63, 3.8) is 0 Å². The first-order valence-electron chi connectivity index (χ1n) is 51.2. The Morgan fingerprint density at radius 1 is 0.227 bits per heavy atom. The van der Waals surface area contributed by atoms with Crippen LogP contribution in [0.25, 0.3) is 12.2 Å². The quantitative estimate of drug-likeness (QED) is 0.00516. The molecular formula is C114H164N2O12. The van der Waals surface area contributed by atoms with Gasteiger partial charge in [-0.05, 0) is 181 Å². The van der Waals surface area contributed by atoms with Crippen LogP contribution < -0.4 is 9.47 Å². The number of rotatable bonds is 77. The van der Waals surface area contributed by atoms with Crippen molar-refractivity contribution in [3.05, 3.63) is 201 Å². The maximum Gasteiger partial charge on any atom is 0.345 e. The van der Waals surface area contributed by atoms with Crippen LogP contribution in [0.3, 0.4) is 0 Å². The minimum absolute atomic E-state index is 0.162. The fourth-order valence-corrected chi connectivity index (χ4v) is 16.0. The number of nitrogens with zero attached hydrogens (tertiary/aromatic N) is 2. The molecule has 0 amide bonds. The number of aliphatic imine (C=N–C) groups is 2. The first-order chi connectivity index (χ1) is 62.9. The highest BCUT2D eigenvalue weighted by Gasteiger charge is 2.24. The van der Waals surface area contributed by atoms with Crippen molar-refractivity contribution in [1.82, 2.24) is 0 Å². The molecule has 0 fully saturated rings. The van der Waals surface area contributed by atoms with Crippen LogP contribution in [0.15, 0.2) is 167 Å². The maximum atomic E-state index is 13.6. The molecule has 0 unspecified atom stereocenters. The van der Waals surface area contributed by atoms with Gasteiger partial charge in [0.1, 0.15) is 22.6 Å². The van der Waals surface area contributed by atoms with Gasteiger partial charge in [0.15, 0.2) is 0 Å². The third-order valence-corrected chi connectivity index (χ3v) is 24.2. The van der Waals surface area contributed by atoms with Crippen molar-refractivity contribution in [2.24, 2.45) is 9.98 Å². The molecule has 0 bridgehead atoms. The van der Waals surface area contributed by atoms with E-state index in [1.54, 1.807) is 85.2 Å². The summed E-state index contributed by atoms with van der Waals surface area (Å²) >= 11 is 0. The molecule has 14 nitrogen and oxygen atoms in total. The van der Waals surface area contributed by atoms with E-state index in [9.17, 15) is 28.8 Å². The SMILES string of the molecule is CCCCCCCCCCCCCCCCOC(=O)C(=Cc1ccc(C(=O)Oc2ccc(C=Nc3ccc(CCc4ccc(N=Cc5ccc(OC(=O)c6ccc(C=C(C(=O)OCCCCCCCCCCCCCCCC)C(=O)OCCCCCCCCCCCCCCCC)cc6)cc5)cc4)cc3)cc2)cc1)C(=O)OCCCCCCCCCCCCCCCC. The molecule has 128 heavy (non-hydrogen) atoms. The third-order valence-electron chi connectivity index (χ3n) is 24.2. The second-order valence-electron chi connectivity index (χ2n) is 35.6. The van der Waals surface area contributed by atoms with Gasteiger partial charge in [-0.15, -0.1) is 0 Å². The summed E-state index contributed by atoms with van der Waals surface area (Å²) in [6, 6.07) is 43.8. The van der Waals surface area contributed by atoms with E-state index < -0.39 is 35.8 Å². The lowest BCUT2D eigenvalue weighted by Gasteiger charge is -2.10. The van der Waals surface area contributed by atoms with E-state index in [0.29, 0.717) is 33.8 Å². The van der Waals surface area contributed by atoms with E-state index in [0.717, 1.165) is 112 Å². The molecule has 0 heterocycles. The lowest BCUT2D eigenvalue weighted by Crippen LogP contribution is -2.19. The third kappa shape index (κ3) is 52.0. The molecule has 0 radical (unpaired) electrons. The number of carbonyl (C=O) groups excluding carboxylic acids is 6. The van der Waals surface area contributed by atoms with Gasteiger partial charge in [-0.1, -0.05) is 410 Å². The molecule has 702 valence electrons. The van der Waals surface area contributed by atoms with Gasteiger partial charge in [0.2, 0.25) is 0 Å². The Balaban J connectivity index is 0.904. The minimum atomic E-state index is -0.703. The van der Waals surface area contributed by atoms with Crippen LogP contribution in [0.2, 0.25) is 0 Å². The van der Waals surface area contributed by atoms with Gasteiger partial charge in [-0.3, -0.25) is 9.98 Å². The van der Waals surface area contributed by atoms with Gasteiger partial charge < -0.3 is 28.4 Å². The average Bonchev–Trinajstić information content (AvgIpc) is 0.851. The summed E-state index contributed by atoms with van der Waals surface area (Å²) in [4.78, 5) is 90.4. The zero-order chi connectivity index (χ0) is 90.8. The van der Waals surface area contributed by atoms with E-state index in [1.165, 1.54) is 306 Å². The first kappa shape index (κ1) is 108. The molecular weight excluding hydrogens is 1590 g/mol. The summed E-state index contributed by atoms with van der Waals surface area (Å²) in [5.41, 5.74) is 7.04. The van der Waals surface area contributed by atoms with Crippen molar-refractivity contribution >= 4 is 71.8 Å². The van der Waals surface area contributed by atoms with Gasteiger partial charge >= 0.3 is 35.8 Å². The highest BCUT2D eigenvalue weighted by Crippen LogP contribution is 2.26. The van der Waals surface area contributed by atoms with E-state index in [-0.39, 0.29) is 37.6 Å². The van der Waals surface area contributed by atoms with Crippen molar-refractivity contribution in [2.45, 2.75) is 400 Å². The van der Waals surface area contributed by atoms with Crippen LogP contribution in [-0.2, 0) is 51.0 Å². The molecule has 0 aliphatic heterocycles. The number of esters is 6. The molecule has 0 N–H and O–H groups in total. The first-order valence-corrected chi connectivity index (χ1v) is 51.2. The molecule has 0 aliphatic carbocycles.